The van der Waals surface area contributed by atoms with Gasteiger partial charge in [0.15, 0.2) is 0 Å². The van der Waals surface area contributed by atoms with Crippen LogP contribution in [0.2, 0.25) is 0 Å². The third kappa shape index (κ3) is 12.8. The van der Waals surface area contributed by atoms with E-state index in [1.807, 2.05) is 6.07 Å². The highest BCUT2D eigenvalue weighted by Gasteiger charge is 2.04. The van der Waals surface area contributed by atoms with E-state index < -0.39 is 0 Å². The number of hydrogen-bond donors (Lipinski definition) is 0. The van der Waals surface area contributed by atoms with Crippen molar-refractivity contribution in [2.75, 3.05) is 13.2 Å². The summed E-state index contributed by atoms with van der Waals surface area (Å²) in [5, 5.41) is 0. The third-order valence-electron chi connectivity index (χ3n) is 5.20. The van der Waals surface area contributed by atoms with Crippen LogP contribution in [0, 0.1) is 0 Å². The van der Waals surface area contributed by atoms with Gasteiger partial charge in [-0.1, -0.05) is 131 Å². The van der Waals surface area contributed by atoms with Crippen LogP contribution in [0.3, 0.4) is 0 Å². The van der Waals surface area contributed by atoms with Crippen LogP contribution in [0.1, 0.15) is 69.1 Å². The molecule has 0 aliphatic carbocycles. The summed E-state index contributed by atoms with van der Waals surface area (Å²) in [6, 6.07) is 31.5. The normalized spacial score (nSPS) is 10.6. The van der Waals surface area contributed by atoms with Gasteiger partial charge in [-0.2, -0.15) is 0 Å². The summed E-state index contributed by atoms with van der Waals surface area (Å²) in [5.74, 6) is 0. The molecule has 3 aromatic carbocycles. The molecule has 2 nitrogen and oxygen atoms in total. The first-order chi connectivity index (χ1) is 16.8. The molecule has 1 heterocycles. The summed E-state index contributed by atoms with van der Waals surface area (Å²) >= 11 is 0. The van der Waals surface area contributed by atoms with Crippen LogP contribution in [0.25, 0.3) is 11.6 Å². The van der Waals surface area contributed by atoms with Gasteiger partial charge in [-0.05, 0) is 41.2 Å². The van der Waals surface area contributed by atoms with Crippen LogP contribution in [0.4, 0.5) is 0 Å². The zero-order chi connectivity index (χ0) is 24.1. The third-order valence-corrected chi connectivity index (χ3v) is 5.20. The molecule has 1 aliphatic heterocycles. The molecule has 0 radical (unpaired) electrons. The number of unbranched alkanes of at least 4 members (excludes halogenated alkanes) is 4. The van der Waals surface area contributed by atoms with Gasteiger partial charge in [0.05, 0.1) is 0 Å². The van der Waals surface area contributed by atoms with E-state index in [1.54, 1.807) is 12.5 Å². The second-order valence-electron chi connectivity index (χ2n) is 8.14. The smallest absolute Gasteiger partial charge is 0.125 e. The van der Waals surface area contributed by atoms with Crippen LogP contribution in [0.5, 0.6) is 0 Å². The monoisotopic (exact) mass is 456 g/mol. The van der Waals surface area contributed by atoms with Crippen LogP contribution in [-0.2, 0) is 9.47 Å². The number of ether oxygens (including phenoxy) is 2. The first-order valence-electron chi connectivity index (χ1n) is 12.6. The van der Waals surface area contributed by atoms with Gasteiger partial charge in [-0.15, -0.1) is 0 Å². The van der Waals surface area contributed by atoms with Crippen LogP contribution in [0.15, 0.2) is 104 Å². The Morgan fingerprint density at radius 3 is 1.41 bits per heavy atom. The van der Waals surface area contributed by atoms with Crippen molar-refractivity contribution in [2.24, 2.45) is 0 Å². The van der Waals surface area contributed by atoms with E-state index in [4.69, 9.17) is 4.74 Å². The maximum atomic E-state index is 5.44. The Labute approximate surface area is 207 Å². The Kier molecular flexibility index (Phi) is 14.6. The predicted molar refractivity (Wildman–Crippen MR) is 146 cm³/mol. The molecule has 34 heavy (non-hydrogen) atoms. The van der Waals surface area contributed by atoms with Crippen molar-refractivity contribution >= 4 is 11.6 Å². The minimum absolute atomic E-state index is 0.970. The molecule has 0 N–H and O–H groups in total. The lowest BCUT2D eigenvalue weighted by atomic mass is 9.96. The molecule has 0 amide bonds. The van der Waals surface area contributed by atoms with Crippen molar-refractivity contribution < 1.29 is 9.47 Å². The Bertz CT molecular complexity index is 862. The average molecular weight is 457 g/mol. The molecule has 0 atom stereocenters. The Morgan fingerprint density at radius 1 is 0.618 bits per heavy atom. The highest BCUT2D eigenvalue weighted by Crippen LogP contribution is 2.25. The molecule has 3 aromatic rings. The average Bonchev–Trinajstić information content (AvgIpc) is 3.79. The van der Waals surface area contributed by atoms with E-state index in [9.17, 15) is 0 Å². The minimum atomic E-state index is 0.970. The topological polar surface area (TPSA) is 21.8 Å². The predicted octanol–water partition coefficient (Wildman–Crippen LogP) is 9.15. The van der Waals surface area contributed by atoms with Gasteiger partial charge < -0.3 is 9.47 Å². The van der Waals surface area contributed by atoms with Crippen LogP contribution >= 0.6 is 0 Å². The second kappa shape index (κ2) is 18.3. The molecule has 0 fully saturated rings. The zero-order valence-corrected chi connectivity index (χ0v) is 20.9. The standard InChI is InChI=1S/C20H16.C10H22O.C2H2O/c1-4-10-17(11-5-1)16-20(18-12-6-2-7-13-18)19-14-8-3-9-15-19;1-3-5-7-9-11-10-8-6-4-2;1-2-3-1/h1-16H;3-10H2,1-2H3;1-2H. The first-order valence-corrected chi connectivity index (χ1v) is 12.6. The van der Waals surface area contributed by atoms with Gasteiger partial charge in [0, 0.05) is 13.2 Å². The van der Waals surface area contributed by atoms with Crippen LogP contribution < -0.4 is 0 Å². The molecule has 180 valence electrons. The van der Waals surface area contributed by atoms with Crippen molar-refractivity contribution in [3.63, 3.8) is 0 Å². The highest BCUT2D eigenvalue weighted by molar-refractivity contribution is 5.91. The lowest BCUT2D eigenvalue weighted by Gasteiger charge is -2.08. The fourth-order valence-electron chi connectivity index (χ4n) is 3.29. The quantitative estimate of drug-likeness (QED) is 0.212. The number of rotatable bonds is 11. The molecule has 4 rings (SSSR count). The van der Waals surface area contributed by atoms with E-state index in [0.29, 0.717) is 0 Å². The molecule has 0 spiro atoms. The van der Waals surface area contributed by atoms with Crippen molar-refractivity contribution in [3.05, 3.63) is 120 Å². The maximum absolute atomic E-state index is 5.44. The van der Waals surface area contributed by atoms with Gasteiger partial charge in [-0.3, -0.25) is 0 Å². The molecule has 1 aliphatic rings. The Hall–Kier alpha value is -3.10. The van der Waals surface area contributed by atoms with E-state index in [-0.39, 0.29) is 0 Å². The molecule has 0 unspecified atom stereocenters. The van der Waals surface area contributed by atoms with Gasteiger partial charge in [0.2, 0.25) is 0 Å². The zero-order valence-electron chi connectivity index (χ0n) is 20.9. The van der Waals surface area contributed by atoms with Crippen molar-refractivity contribution in [2.45, 2.75) is 52.4 Å². The Morgan fingerprint density at radius 2 is 1.03 bits per heavy atom. The van der Waals surface area contributed by atoms with E-state index in [0.717, 1.165) is 13.2 Å². The van der Waals surface area contributed by atoms with Crippen molar-refractivity contribution in [3.8, 4) is 0 Å². The van der Waals surface area contributed by atoms with E-state index in [1.165, 1.54) is 60.8 Å². The van der Waals surface area contributed by atoms with Gasteiger partial charge in [0.1, 0.15) is 12.5 Å². The summed E-state index contributed by atoms with van der Waals surface area (Å²) in [7, 11) is 0. The molecule has 0 aromatic heterocycles. The highest BCUT2D eigenvalue weighted by atomic mass is 16.5. The first kappa shape index (κ1) is 27.1. The summed E-state index contributed by atoms with van der Waals surface area (Å²) in [5.41, 5.74) is 4.94. The maximum Gasteiger partial charge on any atom is 0.125 e. The van der Waals surface area contributed by atoms with Crippen LogP contribution in [-0.4, -0.2) is 13.2 Å². The lowest BCUT2D eigenvalue weighted by Crippen LogP contribution is -1.96. The van der Waals surface area contributed by atoms with Crippen molar-refractivity contribution in [1.29, 1.82) is 0 Å². The molecular weight excluding hydrogens is 416 g/mol. The summed E-state index contributed by atoms with van der Waals surface area (Å²) in [6.45, 7) is 6.38. The van der Waals surface area contributed by atoms with E-state index >= 15 is 0 Å². The number of hydrogen-bond acceptors (Lipinski definition) is 2. The number of benzene rings is 3. The van der Waals surface area contributed by atoms with Gasteiger partial charge >= 0.3 is 0 Å². The molecule has 2 heteroatoms. The largest absolute Gasteiger partial charge is 0.466 e. The molecule has 0 saturated heterocycles. The molecular formula is C32H40O2. The fourth-order valence-corrected chi connectivity index (χ4v) is 3.29. The molecule has 0 bridgehead atoms. The second-order valence-corrected chi connectivity index (χ2v) is 8.14. The molecule has 0 saturated carbocycles. The SMILES string of the molecule is C(=C(c1ccccc1)c1ccccc1)c1ccccc1.C1=CO1.CCCCCOCCCCC. The Balaban J connectivity index is 0.000000245. The van der Waals surface area contributed by atoms with Gasteiger partial charge in [0.25, 0.3) is 0 Å². The lowest BCUT2D eigenvalue weighted by molar-refractivity contribution is 0.126. The summed E-state index contributed by atoms with van der Waals surface area (Å²) in [4.78, 5) is 0. The fraction of sp³-hybridized carbons (Fsp3) is 0.312. The summed E-state index contributed by atoms with van der Waals surface area (Å²) in [6.07, 6.45) is 13.2. The summed E-state index contributed by atoms with van der Waals surface area (Å²) < 4.78 is 9.69. The minimum Gasteiger partial charge on any atom is -0.466 e. The van der Waals surface area contributed by atoms with E-state index in [2.05, 4.69) is 110 Å². The van der Waals surface area contributed by atoms with Gasteiger partial charge in [-0.25, -0.2) is 0 Å². The van der Waals surface area contributed by atoms with Crippen molar-refractivity contribution in [1.82, 2.24) is 0 Å².